The van der Waals surface area contributed by atoms with Gasteiger partial charge in [-0.2, -0.15) is 0 Å². The van der Waals surface area contributed by atoms with E-state index in [0.717, 1.165) is 0 Å². The van der Waals surface area contributed by atoms with Crippen LogP contribution in [0.1, 0.15) is 39.5 Å². The van der Waals surface area contributed by atoms with Gasteiger partial charge in [0.2, 0.25) is 15.9 Å². The SMILES string of the molecule is CCC(CC)(CC(=O)O)NC(=O)CCNS(=O)(=O)c1ccccc1. The average molecular weight is 356 g/mol. The van der Waals surface area contributed by atoms with E-state index in [1.807, 2.05) is 13.8 Å². The Labute approximate surface area is 142 Å². The summed E-state index contributed by atoms with van der Waals surface area (Å²) in [5.74, 6) is -1.36. The maximum absolute atomic E-state index is 12.0. The second-order valence-electron chi connectivity index (χ2n) is 5.57. The second kappa shape index (κ2) is 8.79. The summed E-state index contributed by atoms with van der Waals surface area (Å²) in [5, 5.41) is 11.7. The van der Waals surface area contributed by atoms with E-state index in [4.69, 9.17) is 5.11 Å². The number of carboxylic acid groups (broad SMARTS) is 1. The van der Waals surface area contributed by atoms with Gasteiger partial charge >= 0.3 is 5.97 Å². The number of aliphatic carboxylic acids is 1. The van der Waals surface area contributed by atoms with Gasteiger partial charge in [0.05, 0.1) is 11.3 Å². The lowest BCUT2D eigenvalue weighted by Gasteiger charge is -2.31. The lowest BCUT2D eigenvalue weighted by Crippen LogP contribution is -2.49. The predicted octanol–water partition coefficient (Wildman–Crippen LogP) is 1.50. The fourth-order valence-electron chi connectivity index (χ4n) is 2.35. The molecule has 0 saturated carbocycles. The molecule has 0 saturated heterocycles. The number of carbonyl (C=O) groups excluding carboxylic acids is 1. The Morgan fingerprint density at radius 1 is 1.12 bits per heavy atom. The van der Waals surface area contributed by atoms with Gasteiger partial charge in [-0.25, -0.2) is 13.1 Å². The minimum Gasteiger partial charge on any atom is -0.481 e. The molecule has 0 atom stereocenters. The van der Waals surface area contributed by atoms with Crippen LogP contribution >= 0.6 is 0 Å². The molecule has 1 rings (SSSR count). The molecule has 0 fully saturated rings. The van der Waals surface area contributed by atoms with Crippen molar-refractivity contribution >= 4 is 21.9 Å². The second-order valence-corrected chi connectivity index (χ2v) is 7.33. The number of rotatable bonds is 10. The molecule has 1 amide bonds. The van der Waals surface area contributed by atoms with Crippen molar-refractivity contribution in [3.63, 3.8) is 0 Å². The summed E-state index contributed by atoms with van der Waals surface area (Å²) < 4.78 is 26.4. The third-order valence-corrected chi connectivity index (χ3v) is 5.42. The molecule has 1 aromatic carbocycles. The fourth-order valence-corrected chi connectivity index (χ4v) is 3.40. The van der Waals surface area contributed by atoms with Crippen molar-refractivity contribution in [2.75, 3.05) is 6.54 Å². The van der Waals surface area contributed by atoms with Crippen molar-refractivity contribution in [2.45, 2.75) is 50.0 Å². The highest BCUT2D eigenvalue weighted by molar-refractivity contribution is 7.89. The average Bonchev–Trinajstić information content (AvgIpc) is 2.54. The number of hydrogen-bond acceptors (Lipinski definition) is 4. The molecular weight excluding hydrogens is 332 g/mol. The molecule has 0 aliphatic heterocycles. The van der Waals surface area contributed by atoms with E-state index in [-0.39, 0.29) is 30.2 Å². The van der Waals surface area contributed by atoms with Gasteiger partial charge in [0, 0.05) is 18.5 Å². The highest BCUT2D eigenvalue weighted by atomic mass is 32.2. The molecule has 0 aromatic heterocycles. The molecular formula is C16H24N2O5S. The smallest absolute Gasteiger partial charge is 0.305 e. The molecule has 0 unspecified atom stereocenters. The van der Waals surface area contributed by atoms with Crippen molar-refractivity contribution in [3.8, 4) is 0 Å². The summed E-state index contributed by atoms with van der Waals surface area (Å²) in [6, 6.07) is 7.88. The lowest BCUT2D eigenvalue weighted by atomic mass is 9.89. The van der Waals surface area contributed by atoms with Crippen LogP contribution in [0.25, 0.3) is 0 Å². The first kappa shape index (κ1) is 20.1. The first-order valence-electron chi connectivity index (χ1n) is 7.82. The normalized spacial score (nSPS) is 11.9. The van der Waals surface area contributed by atoms with E-state index < -0.39 is 21.5 Å². The zero-order valence-corrected chi connectivity index (χ0v) is 14.7. The van der Waals surface area contributed by atoms with Gasteiger partial charge < -0.3 is 10.4 Å². The Bertz CT molecular complexity index is 654. The number of amides is 1. The Kier molecular flexibility index (Phi) is 7.37. The number of sulfonamides is 1. The van der Waals surface area contributed by atoms with E-state index in [1.165, 1.54) is 12.1 Å². The lowest BCUT2D eigenvalue weighted by molar-refractivity contribution is -0.139. The highest BCUT2D eigenvalue weighted by Crippen LogP contribution is 2.20. The van der Waals surface area contributed by atoms with Crippen LogP contribution in [0.2, 0.25) is 0 Å². The minimum atomic E-state index is -3.65. The molecule has 0 radical (unpaired) electrons. The molecule has 0 aliphatic rings. The molecule has 0 heterocycles. The number of carboxylic acids is 1. The van der Waals surface area contributed by atoms with Crippen molar-refractivity contribution in [1.82, 2.24) is 10.0 Å². The Morgan fingerprint density at radius 3 is 2.21 bits per heavy atom. The summed E-state index contributed by atoms with van der Waals surface area (Å²) in [5.41, 5.74) is -0.804. The molecule has 1 aromatic rings. The number of benzene rings is 1. The van der Waals surface area contributed by atoms with E-state index in [0.29, 0.717) is 12.8 Å². The Balaban J connectivity index is 2.58. The van der Waals surface area contributed by atoms with Gasteiger partial charge in [0.15, 0.2) is 0 Å². The topological polar surface area (TPSA) is 113 Å². The monoisotopic (exact) mass is 356 g/mol. The first-order chi connectivity index (χ1) is 11.2. The zero-order chi connectivity index (χ0) is 18.2. The molecule has 3 N–H and O–H groups in total. The summed E-state index contributed by atoms with van der Waals surface area (Å²) in [4.78, 5) is 23.1. The molecule has 8 heteroatoms. The van der Waals surface area contributed by atoms with Crippen LogP contribution in [0.4, 0.5) is 0 Å². The summed E-state index contributed by atoms with van der Waals surface area (Å²) in [6.07, 6.45) is 0.740. The van der Waals surface area contributed by atoms with E-state index >= 15 is 0 Å². The molecule has 24 heavy (non-hydrogen) atoms. The molecule has 0 bridgehead atoms. The van der Waals surface area contributed by atoms with E-state index in [1.54, 1.807) is 18.2 Å². The van der Waals surface area contributed by atoms with Gasteiger partial charge in [-0.15, -0.1) is 0 Å². The Morgan fingerprint density at radius 2 is 1.71 bits per heavy atom. The summed E-state index contributed by atoms with van der Waals surface area (Å²) in [7, 11) is -3.65. The Hall–Kier alpha value is -1.93. The van der Waals surface area contributed by atoms with E-state index in [9.17, 15) is 18.0 Å². The van der Waals surface area contributed by atoms with Crippen LogP contribution in [0.3, 0.4) is 0 Å². The molecule has 134 valence electrons. The van der Waals surface area contributed by atoms with Crippen molar-refractivity contribution in [1.29, 1.82) is 0 Å². The van der Waals surface area contributed by atoms with Gasteiger partial charge in [0.25, 0.3) is 0 Å². The van der Waals surface area contributed by atoms with Gasteiger partial charge in [-0.1, -0.05) is 32.0 Å². The van der Waals surface area contributed by atoms with Crippen LogP contribution in [-0.4, -0.2) is 37.5 Å². The van der Waals surface area contributed by atoms with Crippen LogP contribution in [0.5, 0.6) is 0 Å². The van der Waals surface area contributed by atoms with Gasteiger partial charge in [-0.3, -0.25) is 9.59 Å². The van der Waals surface area contributed by atoms with Crippen LogP contribution < -0.4 is 10.0 Å². The van der Waals surface area contributed by atoms with Crippen molar-refractivity contribution in [3.05, 3.63) is 30.3 Å². The highest BCUT2D eigenvalue weighted by Gasteiger charge is 2.30. The number of carbonyl (C=O) groups is 2. The summed E-state index contributed by atoms with van der Waals surface area (Å²) >= 11 is 0. The standard InChI is InChI=1S/C16H24N2O5S/c1-3-16(4-2,12-15(20)21)18-14(19)10-11-17-24(22,23)13-8-6-5-7-9-13/h5-9,17H,3-4,10-12H2,1-2H3,(H,18,19)(H,20,21). The van der Waals surface area contributed by atoms with Crippen LogP contribution in [0.15, 0.2) is 35.2 Å². The van der Waals surface area contributed by atoms with Gasteiger partial charge in [-0.05, 0) is 25.0 Å². The maximum Gasteiger partial charge on any atom is 0.305 e. The number of nitrogens with one attached hydrogen (secondary N) is 2. The van der Waals surface area contributed by atoms with Crippen molar-refractivity contribution < 1.29 is 23.1 Å². The quantitative estimate of drug-likeness (QED) is 0.588. The van der Waals surface area contributed by atoms with Crippen LogP contribution in [-0.2, 0) is 19.6 Å². The van der Waals surface area contributed by atoms with Crippen LogP contribution in [0, 0.1) is 0 Å². The molecule has 0 spiro atoms. The van der Waals surface area contributed by atoms with Crippen molar-refractivity contribution in [2.24, 2.45) is 0 Å². The zero-order valence-electron chi connectivity index (χ0n) is 13.9. The third kappa shape index (κ3) is 5.93. The summed E-state index contributed by atoms with van der Waals surface area (Å²) in [6.45, 7) is 3.56. The number of hydrogen-bond donors (Lipinski definition) is 3. The minimum absolute atomic E-state index is 0.0559. The molecule has 7 nitrogen and oxygen atoms in total. The van der Waals surface area contributed by atoms with E-state index in [2.05, 4.69) is 10.0 Å². The fraction of sp³-hybridized carbons (Fsp3) is 0.500. The maximum atomic E-state index is 12.0. The van der Waals surface area contributed by atoms with Gasteiger partial charge in [0.1, 0.15) is 0 Å². The third-order valence-electron chi connectivity index (χ3n) is 3.95. The predicted molar refractivity (Wildman–Crippen MR) is 90.0 cm³/mol. The first-order valence-corrected chi connectivity index (χ1v) is 9.30. The molecule has 0 aliphatic carbocycles. The largest absolute Gasteiger partial charge is 0.481 e.